The van der Waals surface area contributed by atoms with Gasteiger partial charge in [0.15, 0.2) is 0 Å². The quantitative estimate of drug-likeness (QED) is 0.584. The molecule has 0 aliphatic heterocycles. The third-order valence-electron chi connectivity index (χ3n) is 3.11. The SMILES string of the molecule is COc1ccc(/C=N/Nc2ccc3ccccc3n2)cc1. The molecule has 1 heterocycles. The van der Waals surface area contributed by atoms with Crippen LogP contribution >= 0.6 is 0 Å². The van der Waals surface area contributed by atoms with E-state index in [9.17, 15) is 0 Å². The molecule has 0 fully saturated rings. The zero-order chi connectivity index (χ0) is 14.5. The van der Waals surface area contributed by atoms with Gasteiger partial charge in [0.05, 0.1) is 18.8 Å². The van der Waals surface area contributed by atoms with Crippen molar-refractivity contribution in [1.82, 2.24) is 4.98 Å². The number of rotatable bonds is 4. The number of methoxy groups -OCH3 is 1. The van der Waals surface area contributed by atoms with Gasteiger partial charge in [0.25, 0.3) is 0 Å². The van der Waals surface area contributed by atoms with Crippen LogP contribution in [0.4, 0.5) is 5.82 Å². The minimum atomic E-state index is 0.721. The van der Waals surface area contributed by atoms with Crippen LogP contribution in [0.5, 0.6) is 5.75 Å². The summed E-state index contributed by atoms with van der Waals surface area (Å²) in [6, 6.07) is 19.6. The summed E-state index contributed by atoms with van der Waals surface area (Å²) in [5, 5.41) is 5.31. The number of hydrazone groups is 1. The highest BCUT2D eigenvalue weighted by Crippen LogP contribution is 2.14. The summed E-state index contributed by atoms with van der Waals surface area (Å²) in [5.74, 6) is 1.55. The van der Waals surface area contributed by atoms with Gasteiger partial charge in [-0.2, -0.15) is 5.10 Å². The Bertz CT molecular complexity index is 766. The van der Waals surface area contributed by atoms with Crippen LogP contribution in [0.25, 0.3) is 10.9 Å². The monoisotopic (exact) mass is 277 g/mol. The van der Waals surface area contributed by atoms with Gasteiger partial charge in [-0.3, -0.25) is 5.43 Å². The van der Waals surface area contributed by atoms with E-state index >= 15 is 0 Å². The van der Waals surface area contributed by atoms with E-state index in [1.165, 1.54) is 0 Å². The molecular weight excluding hydrogens is 262 g/mol. The Labute approximate surface area is 123 Å². The molecule has 4 heteroatoms. The molecule has 3 rings (SSSR count). The number of para-hydroxylation sites is 1. The van der Waals surface area contributed by atoms with E-state index in [0.717, 1.165) is 28.0 Å². The second-order valence-electron chi connectivity index (χ2n) is 4.53. The Morgan fingerprint density at radius 2 is 1.81 bits per heavy atom. The summed E-state index contributed by atoms with van der Waals surface area (Å²) in [7, 11) is 1.65. The van der Waals surface area contributed by atoms with Crippen molar-refractivity contribution in [3.63, 3.8) is 0 Å². The van der Waals surface area contributed by atoms with Crippen molar-refractivity contribution in [2.75, 3.05) is 12.5 Å². The normalized spacial score (nSPS) is 10.9. The molecule has 0 saturated carbocycles. The van der Waals surface area contributed by atoms with Crippen LogP contribution in [-0.2, 0) is 0 Å². The Morgan fingerprint density at radius 3 is 2.62 bits per heavy atom. The molecule has 0 unspecified atom stereocenters. The summed E-state index contributed by atoms with van der Waals surface area (Å²) in [4.78, 5) is 4.49. The lowest BCUT2D eigenvalue weighted by atomic mass is 10.2. The Morgan fingerprint density at radius 1 is 1.00 bits per heavy atom. The largest absolute Gasteiger partial charge is 0.497 e. The predicted octanol–water partition coefficient (Wildman–Crippen LogP) is 3.69. The first-order valence-corrected chi connectivity index (χ1v) is 6.64. The van der Waals surface area contributed by atoms with E-state index in [4.69, 9.17) is 4.74 Å². The topological polar surface area (TPSA) is 46.5 Å². The van der Waals surface area contributed by atoms with Gasteiger partial charge in [0.1, 0.15) is 11.6 Å². The van der Waals surface area contributed by atoms with Gasteiger partial charge in [-0.25, -0.2) is 4.98 Å². The molecule has 0 radical (unpaired) electrons. The van der Waals surface area contributed by atoms with Crippen LogP contribution in [0.15, 0.2) is 65.8 Å². The fourth-order valence-electron chi connectivity index (χ4n) is 1.99. The van der Waals surface area contributed by atoms with Gasteiger partial charge < -0.3 is 4.74 Å². The van der Waals surface area contributed by atoms with Gasteiger partial charge >= 0.3 is 0 Å². The van der Waals surface area contributed by atoms with Crippen LogP contribution in [0.2, 0.25) is 0 Å². The van der Waals surface area contributed by atoms with Gasteiger partial charge in [-0.1, -0.05) is 18.2 Å². The lowest BCUT2D eigenvalue weighted by Gasteiger charge is -2.02. The maximum absolute atomic E-state index is 5.11. The minimum absolute atomic E-state index is 0.721. The Kier molecular flexibility index (Phi) is 3.78. The fourth-order valence-corrected chi connectivity index (χ4v) is 1.99. The number of benzene rings is 2. The lowest BCUT2D eigenvalue weighted by Crippen LogP contribution is -1.93. The van der Waals surface area contributed by atoms with Crippen LogP contribution in [0, 0.1) is 0 Å². The highest BCUT2D eigenvalue weighted by molar-refractivity contribution is 5.81. The molecular formula is C17H15N3O. The Balaban J connectivity index is 1.71. The molecule has 0 aliphatic carbocycles. The maximum Gasteiger partial charge on any atom is 0.146 e. The van der Waals surface area contributed by atoms with Crippen LogP contribution < -0.4 is 10.2 Å². The molecule has 0 spiro atoms. The minimum Gasteiger partial charge on any atom is -0.497 e. The summed E-state index contributed by atoms with van der Waals surface area (Å²) in [6.07, 6.45) is 1.75. The van der Waals surface area contributed by atoms with E-state index in [0.29, 0.717) is 0 Å². The molecule has 0 aliphatic rings. The zero-order valence-electron chi connectivity index (χ0n) is 11.7. The third-order valence-corrected chi connectivity index (χ3v) is 3.11. The standard InChI is InChI=1S/C17H15N3O/c1-21-15-9-6-13(7-10-15)12-18-20-17-11-8-14-4-2-3-5-16(14)19-17/h2-12H,1H3,(H,19,20)/b18-12+. The van der Waals surface area contributed by atoms with E-state index in [2.05, 4.69) is 15.5 Å². The number of nitrogens with zero attached hydrogens (tertiary/aromatic N) is 2. The van der Waals surface area contributed by atoms with Crippen LogP contribution in [0.3, 0.4) is 0 Å². The van der Waals surface area contributed by atoms with Gasteiger partial charge in [0.2, 0.25) is 0 Å². The van der Waals surface area contributed by atoms with Crippen molar-refractivity contribution in [1.29, 1.82) is 0 Å². The summed E-state index contributed by atoms with van der Waals surface area (Å²) < 4.78 is 5.11. The maximum atomic E-state index is 5.11. The molecule has 0 atom stereocenters. The van der Waals surface area contributed by atoms with E-state index in [1.54, 1.807) is 13.3 Å². The second-order valence-corrected chi connectivity index (χ2v) is 4.53. The molecule has 4 nitrogen and oxygen atoms in total. The number of fused-ring (bicyclic) bond motifs is 1. The van der Waals surface area contributed by atoms with Gasteiger partial charge in [0, 0.05) is 5.39 Å². The molecule has 0 saturated heterocycles. The molecule has 3 aromatic rings. The lowest BCUT2D eigenvalue weighted by molar-refractivity contribution is 0.415. The summed E-state index contributed by atoms with van der Waals surface area (Å²) >= 11 is 0. The number of pyridine rings is 1. The fraction of sp³-hybridized carbons (Fsp3) is 0.0588. The number of nitrogens with one attached hydrogen (secondary N) is 1. The average Bonchev–Trinajstić information content (AvgIpc) is 2.55. The molecule has 0 bridgehead atoms. The number of hydrogen-bond acceptors (Lipinski definition) is 4. The first kappa shape index (κ1) is 13.1. The van der Waals surface area contributed by atoms with Gasteiger partial charge in [-0.15, -0.1) is 0 Å². The molecule has 21 heavy (non-hydrogen) atoms. The third kappa shape index (κ3) is 3.17. The highest BCUT2D eigenvalue weighted by Gasteiger charge is 1.96. The van der Waals surface area contributed by atoms with Crippen molar-refractivity contribution in [3.8, 4) is 5.75 Å². The summed E-state index contributed by atoms with van der Waals surface area (Å²) in [5.41, 5.74) is 4.88. The molecule has 104 valence electrons. The van der Waals surface area contributed by atoms with E-state index < -0.39 is 0 Å². The van der Waals surface area contributed by atoms with Crippen molar-refractivity contribution < 1.29 is 4.74 Å². The first-order chi connectivity index (χ1) is 10.3. The molecule has 1 N–H and O–H groups in total. The van der Waals surface area contributed by atoms with Crippen molar-refractivity contribution in [2.24, 2.45) is 5.10 Å². The summed E-state index contributed by atoms with van der Waals surface area (Å²) in [6.45, 7) is 0. The van der Waals surface area contributed by atoms with E-state index in [1.807, 2.05) is 60.7 Å². The van der Waals surface area contributed by atoms with Crippen molar-refractivity contribution in [3.05, 3.63) is 66.2 Å². The number of aromatic nitrogens is 1. The van der Waals surface area contributed by atoms with E-state index in [-0.39, 0.29) is 0 Å². The number of hydrogen-bond donors (Lipinski definition) is 1. The molecule has 0 amide bonds. The molecule has 1 aromatic heterocycles. The smallest absolute Gasteiger partial charge is 0.146 e. The molecule has 2 aromatic carbocycles. The predicted molar refractivity (Wildman–Crippen MR) is 86.0 cm³/mol. The van der Waals surface area contributed by atoms with Crippen molar-refractivity contribution >= 4 is 22.9 Å². The van der Waals surface area contributed by atoms with Gasteiger partial charge in [-0.05, 0) is 48.0 Å². The van der Waals surface area contributed by atoms with Crippen molar-refractivity contribution in [2.45, 2.75) is 0 Å². The van der Waals surface area contributed by atoms with Crippen LogP contribution in [-0.4, -0.2) is 18.3 Å². The first-order valence-electron chi connectivity index (χ1n) is 6.64. The highest BCUT2D eigenvalue weighted by atomic mass is 16.5. The number of ether oxygens (including phenoxy) is 1. The second kappa shape index (κ2) is 6.05. The number of anilines is 1. The van der Waals surface area contributed by atoms with Crippen LogP contribution in [0.1, 0.15) is 5.56 Å². The average molecular weight is 277 g/mol. The zero-order valence-corrected chi connectivity index (χ0v) is 11.7. The Hall–Kier alpha value is -2.88.